The first-order valence-corrected chi connectivity index (χ1v) is 0. The second kappa shape index (κ2) is 53.4. The largest absolute Gasteiger partial charge is 2.00 e. The summed E-state index contributed by atoms with van der Waals surface area (Å²) in [6.45, 7) is 0. The Morgan fingerprint density at radius 2 is 0.750 bits per heavy atom. The van der Waals surface area contributed by atoms with Crippen LogP contribution >= 0.6 is 0 Å². The molecule has 0 bridgehead atoms. The zero-order valence-electron chi connectivity index (χ0n) is 1.87. The number of nitrogens with two attached hydrogens (primary N) is 2. The van der Waals surface area contributed by atoms with Gasteiger partial charge in [-0.2, -0.15) is 0 Å². The summed E-state index contributed by atoms with van der Waals surface area (Å²) in [7, 11) is 0. The third-order valence-corrected chi connectivity index (χ3v) is 0. The van der Waals surface area contributed by atoms with Gasteiger partial charge in [-0.3, -0.25) is 0 Å². The quantitative estimate of drug-likeness (QED) is 0.377. The average Bonchev–Trinajstić information content (AvgIpc) is 0. The van der Waals surface area contributed by atoms with Crippen LogP contribution in [0.1, 0.15) is 0 Å². The van der Waals surface area contributed by atoms with Gasteiger partial charge in [-0.1, -0.05) is 0 Å². The van der Waals surface area contributed by atoms with Gasteiger partial charge in [-0.05, 0) is 0 Å². The van der Waals surface area contributed by atoms with E-state index in [2.05, 4.69) is 0 Å². The molecule has 0 aliphatic carbocycles. The number of hydrogen-bond acceptors (Lipinski definition) is 0. The normalized spacial score (nSPS) is 0. The molecule has 0 aromatic rings. The molecule has 2 nitrogen and oxygen atoms in total. The summed E-state index contributed by atoms with van der Waals surface area (Å²) in [6.07, 6.45) is 0. The number of rotatable bonds is 0. The molecular formula is H4ClCoN2-. The van der Waals surface area contributed by atoms with Crippen molar-refractivity contribution in [3.8, 4) is 0 Å². The molecule has 4 N–H and O–H groups in total. The van der Waals surface area contributed by atoms with E-state index >= 15 is 0 Å². The molecule has 0 atom stereocenters. The van der Waals surface area contributed by atoms with Crippen molar-refractivity contribution in [2.24, 2.45) is 0 Å². The minimum Gasteiger partial charge on any atom is -1.00 e. The third kappa shape index (κ3) is 15.6. The first-order valence-electron chi connectivity index (χ1n) is 0. The summed E-state index contributed by atoms with van der Waals surface area (Å²) < 4.78 is 0. The monoisotopic (exact) mass is 126 g/mol. The van der Waals surface area contributed by atoms with Crippen molar-refractivity contribution < 1.29 is 29.2 Å². The maximum Gasteiger partial charge on any atom is 2.00 e. The molecule has 0 saturated heterocycles. The van der Waals surface area contributed by atoms with Gasteiger partial charge in [0.05, 0.1) is 0 Å². The van der Waals surface area contributed by atoms with Crippen molar-refractivity contribution >= 4 is 0 Å². The average molecular weight is 126 g/mol. The maximum atomic E-state index is 0. The van der Waals surface area contributed by atoms with Crippen LogP contribution in [0, 0.1) is 0 Å². The van der Waals surface area contributed by atoms with Crippen LogP contribution in [0.2, 0.25) is 0 Å². The summed E-state index contributed by atoms with van der Waals surface area (Å²) in [4.78, 5) is 0. The number of halogens is 1. The molecule has 0 fully saturated rings. The Kier molecular flexibility index (Phi) is 1690. The van der Waals surface area contributed by atoms with Gasteiger partial charge >= 0.3 is 16.8 Å². The van der Waals surface area contributed by atoms with Gasteiger partial charge in [-0.15, -0.1) is 0 Å². The molecule has 4 heavy (non-hydrogen) atoms. The van der Waals surface area contributed by atoms with Gasteiger partial charge in [0.15, 0.2) is 0 Å². The standard InChI is InChI=1S/ClH.Co.2H2N/h1H;;2*1H2/q;+2;2*-1/p-1. The Labute approximate surface area is 42.1 Å². The van der Waals surface area contributed by atoms with E-state index in [1.807, 2.05) is 0 Å². The van der Waals surface area contributed by atoms with Crippen LogP contribution in [0.4, 0.5) is 0 Å². The van der Waals surface area contributed by atoms with E-state index in [0.29, 0.717) is 0 Å². The van der Waals surface area contributed by atoms with Gasteiger partial charge in [0.25, 0.3) is 0 Å². The molecular weight excluding hydrogens is 122 g/mol. The maximum absolute atomic E-state index is 0. The number of hydrogen-bond donors (Lipinski definition) is 0. The fraction of sp³-hybridized carbons (Fsp3) is 0. The second-order valence-electron chi connectivity index (χ2n) is 0. The topological polar surface area (TPSA) is 67.0 Å². The van der Waals surface area contributed by atoms with Gasteiger partial charge in [-0.25, -0.2) is 0 Å². The van der Waals surface area contributed by atoms with Crippen LogP contribution < -0.4 is 12.4 Å². The summed E-state index contributed by atoms with van der Waals surface area (Å²) in [5.41, 5.74) is 0. The fourth-order valence-electron chi connectivity index (χ4n) is 0. The zero-order chi connectivity index (χ0) is 0. The summed E-state index contributed by atoms with van der Waals surface area (Å²) in [5, 5.41) is 0. The van der Waals surface area contributed by atoms with E-state index in [4.69, 9.17) is 0 Å². The van der Waals surface area contributed by atoms with Crippen molar-refractivity contribution in [1.29, 1.82) is 0 Å². The summed E-state index contributed by atoms with van der Waals surface area (Å²) in [6, 6.07) is 0. The van der Waals surface area contributed by atoms with Gasteiger partial charge in [0.2, 0.25) is 0 Å². The summed E-state index contributed by atoms with van der Waals surface area (Å²) >= 11 is 0. The molecule has 1 radical (unpaired) electrons. The Balaban J connectivity index is 0. The van der Waals surface area contributed by atoms with Crippen molar-refractivity contribution in [1.82, 2.24) is 0 Å². The SMILES string of the molecule is [Cl-].[Co+2].[NH2-].[NH2-]. The van der Waals surface area contributed by atoms with Crippen molar-refractivity contribution in [3.05, 3.63) is 12.3 Å². The molecule has 0 spiro atoms. The van der Waals surface area contributed by atoms with Crippen LogP contribution in [-0.2, 0) is 16.8 Å². The van der Waals surface area contributed by atoms with E-state index in [1.54, 1.807) is 0 Å². The van der Waals surface area contributed by atoms with Gasteiger partial charge in [0, 0.05) is 0 Å². The van der Waals surface area contributed by atoms with Crippen LogP contribution in [0.3, 0.4) is 0 Å². The van der Waals surface area contributed by atoms with E-state index in [9.17, 15) is 0 Å². The van der Waals surface area contributed by atoms with Gasteiger partial charge in [0.1, 0.15) is 0 Å². The Morgan fingerprint density at radius 1 is 0.750 bits per heavy atom. The van der Waals surface area contributed by atoms with E-state index < -0.39 is 0 Å². The van der Waals surface area contributed by atoms with Crippen LogP contribution in [-0.4, -0.2) is 0 Å². The van der Waals surface area contributed by atoms with Crippen LogP contribution in [0.15, 0.2) is 0 Å². The molecule has 0 amide bonds. The summed E-state index contributed by atoms with van der Waals surface area (Å²) in [5.74, 6) is 0. The van der Waals surface area contributed by atoms with E-state index in [0.717, 1.165) is 0 Å². The molecule has 0 aromatic carbocycles. The van der Waals surface area contributed by atoms with Gasteiger partial charge < -0.3 is 24.7 Å². The molecule has 0 unspecified atom stereocenters. The predicted octanol–water partition coefficient (Wildman–Crippen LogP) is -1.56. The first-order chi connectivity index (χ1) is 0. The predicted molar refractivity (Wildman–Crippen MR) is 10.6 cm³/mol. The van der Waals surface area contributed by atoms with E-state index in [1.165, 1.54) is 0 Å². The van der Waals surface area contributed by atoms with Crippen molar-refractivity contribution in [2.75, 3.05) is 0 Å². The smallest absolute Gasteiger partial charge is 1.00 e. The Morgan fingerprint density at radius 3 is 0.750 bits per heavy atom. The Bertz CT molecular complexity index is 6.00. The molecule has 4 heteroatoms. The zero-order valence-corrected chi connectivity index (χ0v) is 3.66. The third-order valence-electron chi connectivity index (χ3n) is 0. The fourth-order valence-corrected chi connectivity index (χ4v) is 0. The molecule has 0 rings (SSSR count). The second-order valence-corrected chi connectivity index (χ2v) is 0. The molecule has 0 aliphatic rings. The van der Waals surface area contributed by atoms with Crippen molar-refractivity contribution in [3.63, 3.8) is 0 Å². The molecule has 0 heterocycles. The van der Waals surface area contributed by atoms with Crippen LogP contribution in [0.25, 0.3) is 12.3 Å². The molecule has 0 saturated carbocycles. The van der Waals surface area contributed by atoms with Crippen LogP contribution in [0.5, 0.6) is 0 Å². The van der Waals surface area contributed by atoms with E-state index in [-0.39, 0.29) is 41.5 Å². The molecule has 31 valence electrons. The molecule has 0 aliphatic heterocycles. The minimum atomic E-state index is 0. The minimum absolute atomic E-state index is 0. The first kappa shape index (κ1) is 127. The Hall–Kier alpha value is 0.716. The molecule has 0 aromatic heterocycles. The van der Waals surface area contributed by atoms with Crippen molar-refractivity contribution in [2.45, 2.75) is 0 Å².